The van der Waals surface area contributed by atoms with Gasteiger partial charge in [-0.05, 0) is 25.0 Å². The van der Waals surface area contributed by atoms with Crippen molar-refractivity contribution in [1.29, 1.82) is 0 Å². The topological polar surface area (TPSA) is 47.0 Å². The maximum atomic E-state index is 6.18. The van der Waals surface area contributed by atoms with Crippen molar-refractivity contribution in [3.63, 3.8) is 0 Å². The monoisotopic (exact) mass is 277 g/mol. The highest BCUT2D eigenvalue weighted by atomic mass is 35.5. The lowest BCUT2D eigenvalue weighted by atomic mass is 9.92. The van der Waals surface area contributed by atoms with Crippen LogP contribution >= 0.6 is 11.6 Å². The molecule has 0 bridgehead atoms. The van der Waals surface area contributed by atoms with E-state index < -0.39 is 0 Å². The van der Waals surface area contributed by atoms with Gasteiger partial charge in [0.2, 0.25) is 0 Å². The van der Waals surface area contributed by atoms with Crippen molar-refractivity contribution in [1.82, 2.24) is 9.97 Å². The van der Waals surface area contributed by atoms with Crippen LogP contribution in [-0.4, -0.2) is 34.6 Å². The van der Waals surface area contributed by atoms with Crippen molar-refractivity contribution in [2.45, 2.75) is 18.4 Å². The molecule has 2 aromatic rings. The van der Waals surface area contributed by atoms with Crippen LogP contribution in [-0.2, 0) is 4.74 Å². The van der Waals surface area contributed by atoms with Gasteiger partial charge in [-0.1, -0.05) is 12.1 Å². The second-order valence-corrected chi connectivity index (χ2v) is 5.16. The number of alkyl halides is 1. The average molecular weight is 278 g/mol. The summed E-state index contributed by atoms with van der Waals surface area (Å²) in [6.45, 7) is 1.48. The van der Waals surface area contributed by atoms with Gasteiger partial charge in [0.05, 0.1) is 11.1 Å². The van der Waals surface area contributed by atoms with E-state index >= 15 is 0 Å². The molecule has 3 rings (SSSR count). The number of halogens is 1. The Morgan fingerprint density at radius 3 is 2.79 bits per heavy atom. The minimum atomic E-state index is -0.128. The lowest BCUT2D eigenvalue weighted by molar-refractivity contribution is 0.0667. The number of anilines is 1. The van der Waals surface area contributed by atoms with Gasteiger partial charge in [0.15, 0.2) is 0 Å². The summed E-state index contributed by atoms with van der Waals surface area (Å²) < 4.78 is 5.42. The molecule has 5 heteroatoms. The van der Waals surface area contributed by atoms with Crippen LogP contribution in [0, 0.1) is 0 Å². The summed E-state index contributed by atoms with van der Waals surface area (Å²) >= 11 is 6.18. The fourth-order valence-corrected chi connectivity index (χ4v) is 2.74. The van der Waals surface area contributed by atoms with Gasteiger partial charge >= 0.3 is 0 Å². The first kappa shape index (κ1) is 12.6. The van der Waals surface area contributed by atoms with E-state index in [1.165, 1.54) is 0 Å². The molecule has 1 saturated heterocycles. The number of ether oxygens (including phenoxy) is 1. The predicted molar refractivity (Wildman–Crippen MR) is 76.7 cm³/mol. The standard InChI is InChI=1S/C14H16ClN3O/c15-9-14(5-7-19-8-6-14)18-13-11-3-1-2-4-12(11)16-10-17-13/h1-4,10H,5-9H2,(H,16,17,18). The molecule has 2 heterocycles. The van der Waals surface area contributed by atoms with E-state index in [0.717, 1.165) is 42.8 Å². The Bertz CT molecular complexity index is 564. The molecule has 1 fully saturated rings. The quantitative estimate of drug-likeness (QED) is 0.877. The highest BCUT2D eigenvalue weighted by molar-refractivity contribution is 6.19. The largest absolute Gasteiger partial charge is 0.381 e. The Kier molecular flexibility index (Phi) is 3.53. The zero-order valence-electron chi connectivity index (χ0n) is 10.6. The smallest absolute Gasteiger partial charge is 0.137 e. The molecule has 1 aromatic heterocycles. The van der Waals surface area contributed by atoms with E-state index in [9.17, 15) is 0 Å². The minimum absolute atomic E-state index is 0.128. The maximum absolute atomic E-state index is 6.18. The lowest BCUT2D eigenvalue weighted by Gasteiger charge is -2.37. The van der Waals surface area contributed by atoms with Crippen molar-refractivity contribution in [3.05, 3.63) is 30.6 Å². The number of fused-ring (bicyclic) bond motifs is 1. The summed E-state index contributed by atoms with van der Waals surface area (Å²) in [4.78, 5) is 8.65. The molecule has 1 aromatic carbocycles. The van der Waals surface area contributed by atoms with Crippen LogP contribution in [0.3, 0.4) is 0 Å². The van der Waals surface area contributed by atoms with E-state index in [2.05, 4.69) is 15.3 Å². The van der Waals surface area contributed by atoms with E-state index in [1.54, 1.807) is 6.33 Å². The molecule has 0 spiro atoms. The predicted octanol–water partition coefficient (Wildman–Crippen LogP) is 2.83. The highest BCUT2D eigenvalue weighted by Gasteiger charge is 2.32. The van der Waals surface area contributed by atoms with Gasteiger partial charge in [-0.2, -0.15) is 0 Å². The fraction of sp³-hybridized carbons (Fsp3) is 0.429. The molecule has 19 heavy (non-hydrogen) atoms. The summed E-state index contributed by atoms with van der Waals surface area (Å²) in [5, 5.41) is 4.55. The van der Waals surface area contributed by atoms with Gasteiger partial charge in [-0.3, -0.25) is 0 Å². The molecule has 0 saturated carbocycles. The fourth-order valence-electron chi connectivity index (χ4n) is 2.41. The number of rotatable bonds is 3. The molecule has 0 unspecified atom stereocenters. The molecule has 100 valence electrons. The van der Waals surface area contributed by atoms with Gasteiger partial charge in [0.25, 0.3) is 0 Å². The third kappa shape index (κ3) is 2.51. The number of aromatic nitrogens is 2. The highest BCUT2D eigenvalue weighted by Crippen LogP contribution is 2.29. The Labute approximate surface area is 117 Å². The molecule has 4 nitrogen and oxygen atoms in total. The van der Waals surface area contributed by atoms with E-state index in [-0.39, 0.29) is 5.54 Å². The Hall–Kier alpha value is -1.39. The Morgan fingerprint density at radius 2 is 2.00 bits per heavy atom. The average Bonchev–Trinajstić information content (AvgIpc) is 2.49. The first-order valence-electron chi connectivity index (χ1n) is 6.45. The molecule has 1 aliphatic rings. The Balaban J connectivity index is 1.96. The minimum Gasteiger partial charge on any atom is -0.381 e. The van der Waals surface area contributed by atoms with Crippen LogP contribution < -0.4 is 5.32 Å². The van der Waals surface area contributed by atoms with Crippen LogP contribution in [0.4, 0.5) is 5.82 Å². The number of benzene rings is 1. The second kappa shape index (κ2) is 5.31. The maximum Gasteiger partial charge on any atom is 0.137 e. The van der Waals surface area contributed by atoms with Crippen molar-refractivity contribution < 1.29 is 4.74 Å². The summed E-state index contributed by atoms with van der Waals surface area (Å²) in [5.74, 6) is 1.41. The van der Waals surface area contributed by atoms with Gasteiger partial charge in [0, 0.05) is 24.5 Å². The van der Waals surface area contributed by atoms with E-state index in [4.69, 9.17) is 16.3 Å². The van der Waals surface area contributed by atoms with Crippen molar-refractivity contribution in [3.8, 4) is 0 Å². The third-order valence-corrected chi connectivity index (χ3v) is 4.14. The van der Waals surface area contributed by atoms with Crippen molar-refractivity contribution >= 4 is 28.3 Å². The summed E-state index contributed by atoms with van der Waals surface area (Å²) in [7, 11) is 0. The van der Waals surface area contributed by atoms with Gasteiger partial charge in [0.1, 0.15) is 12.1 Å². The molecule has 0 atom stereocenters. The molecule has 0 radical (unpaired) electrons. The van der Waals surface area contributed by atoms with Gasteiger partial charge in [-0.15, -0.1) is 11.6 Å². The lowest BCUT2D eigenvalue weighted by Crippen LogP contribution is -2.45. The first-order chi connectivity index (χ1) is 9.33. The van der Waals surface area contributed by atoms with Crippen molar-refractivity contribution in [2.75, 3.05) is 24.4 Å². The number of hydrogen-bond acceptors (Lipinski definition) is 4. The van der Waals surface area contributed by atoms with Crippen LogP contribution in [0.2, 0.25) is 0 Å². The zero-order chi connectivity index (χ0) is 13.1. The number of nitrogens with zero attached hydrogens (tertiary/aromatic N) is 2. The number of para-hydroxylation sites is 1. The van der Waals surface area contributed by atoms with Crippen LogP contribution in [0.5, 0.6) is 0 Å². The van der Waals surface area contributed by atoms with E-state index in [1.807, 2.05) is 24.3 Å². The van der Waals surface area contributed by atoms with Gasteiger partial charge < -0.3 is 10.1 Å². The molecular weight excluding hydrogens is 262 g/mol. The van der Waals surface area contributed by atoms with Crippen LogP contribution in [0.1, 0.15) is 12.8 Å². The Morgan fingerprint density at radius 1 is 1.21 bits per heavy atom. The summed E-state index contributed by atoms with van der Waals surface area (Å²) in [5.41, 5.74) is 0.813. The van der Waals surface area contributed by atoms with Crippen LogP contribution in [0.25, 0.3) is 10.9 Å². The zero-order valence-corrected chi connectivity index (χ0v) is 11.4. The first-order valence-corrected chi connectivity index (χ1v) is 6.98. The SMILES string of the molecule is ClCC1(Nc2ncnc3ccccc23)CCOCC1. The van der Waals surface area contributed by atoms with Crippen LogP contribution in [0.15, 0.2) is 30.6 Å². The molecular formula is C14H16ClN3O. The summed E-state index contributed by atoms with van der Waals surface area (Å²) in [6.07, 6.45) is 3.38. The molecule has 0 aliphatic carbocycles. The van der Waals surface area contributed by atoms with Gasteiger partial charge in [-0.25, -0.2) is 9.97 Å². The second-order valence-electron chi connectivity index (χ2n) is 4.89. The third-order valence-electron chi connectivity index (χ3n) is 3.63. The summed E-state index contributed by atoms with van der Waals surface area (Å²) in [6, 6.07) is 7.98. The molecule has 1 N–H and O–H groups in total. The molecule has 0 amide bonds. The van der Waals surface area contributed by atoms with E-state index in [0.29, 0.717) is 5.88 Å². The van der Waals surface area contributed by atoms with Crippen molar-refractivity contribution in [2.24, 2.45) is 0 Å². The number of nitrogens with one attached hydrogen (secondary N) is 1. The number of hydrogen-bond donors (Lipinski definition) is 1. The normalized spacial score (nSPS) is 18.4. The molecule has 1 aliphatic heterocycles.